The fourth-order valence-corrected chi connectivity index (χ4v) is 3.74. The number of aromatic amines is 1. The zero-order chi connectivity index (χ0) is 20.6. The molecule has 2 N–H and O–H groups in total. The van der Waals surface area contributed by atoms with E-state index in [1.54, 1.807) is 6.26 Å². The Morgan fingerprint density at radius 3 is 2.46 bits per heavy atom. The number of ether oxygens (including phenoxy) is 3. The number of nitrogens with zero attached hydrogens (tertiary/aromatic N) is 2. The minimum absolute atomic E-state index is 0.0178. The number of H-pyrrole nitrogens is 1. The van der Waals surface area contributed by atoms with Gasteiger partial charge < -0.3 is 19.5 Å². The van der Waals surface area contributed by atoms with E-state index in [-0.39, 0.29) is 18.1 Å². The van der Waals surface area contributed by atoms with Crippen molar-refractivity contribution >= 4 is 41.1 Å². The summed E-state index contributed by atoms with van der Waals surface area (Å²) in [7, 11) is 0. The van der Waals surface area contributed by atoms with Crippen LogP contribution in [-0.2, 0) is 28.6 Å². The lowest BCUT2D eigenvalue weighted by molar-refractivity contribution is -0.190. The van der Waals surface area contributed by atoms with Gasteiger partial charge in [0.15, 0.2) is 35.1 Å². The fraction of sp³-hybridized carbons (Fsp3) is 0.562. The van der Waals surface area contributed by atoms with Crippen LogP contribution < -0.4 is 15.8 Å². The first kappa shape index (κ1) is 20.1. The zero-order valence-electron chi connectivity index (χ0n) is 15.7. The summed E-state index contributed by atoms with van der Waals surface area (Å²) in [6.45, 7) is 3.63. The van der Waals surface area contributed by atoms with Gasteiger partial charge in [-0.15, -0.1) is 0 Å². The smallest absolute Gasteiger partial charge is 0.303 e. The molecule has 1 saturated heterocycles. The Morgan fingerprint density at radius 2 is 1.89 bits per heavy atom. The molecule has 0 radical (unpaired) electrons. The Labute approximate surface area is 164 Å². The van der Waals surface area contributed by atoms with Crippen molar-refractivity contribution in [1.82, 2.24) is 9.97 Å². The Balaban J connectivity index is 2.11. The van der Waals surface area contributed by atoms with Crippen molar-refractivity contribution in [3.8, 4) is 0 Å². The van der Waals surface area contributed by atoms with Gasteiger partial charge in [-0.1, -0.05) is 11.8 Å². The molecule has 2 aliphatic heterocycles. The van der Waals surface area contributed by atoms with Gasteiger partial charge in [-0.25, -0.2) is 4.98 Å². The number of amides is 1. The number of hydrogen-bond donors (Lipinski definition) is 2. The standard InChI is InChI=1S/C16H20N4O7S/c1-6(21)20-10-12(27-8(3)23)9(26-7(2)22)5-25-15(10)17-13-11(20)14(24)19-16(18-13)28-4/h9-10,12,15H,5H2,1-4H3,(H2,17,18,19,24)/t9-,10-,12-,15+/m0/s1. The van der Waals surface area contributed by atoms with Crippen LogP contribution in [0.2, 0.25) is 0 Å². The number of aromatic nitrogens is 2. The lowest BCUT2D eigenvalue weighted by Gasteiger charge is -2.48. The van der Waals surface area contributed by atoms with Gasteiger partial charge >= 0.3 is 11.9 Å². The van der Waals surface area contributed by atoms with Crippen molar-refractivity contribution in [2.45, 2.75) is 50.4 Å². The molecule has 2 aliphatic rings. The van der Waals surface area contributed by atoms with E-state index in [1.165, 1.54) is 37.4 Å². The summed E-state index contributed by atoms with van der Waals surface area (Å²) in [6, 6.07) is -0.935. The maximum Gasteiger partial charge on any atom is 0.303 e. The quantitative estimate of drug-likeness (QED) is 0.391. The largest absolute Gasteiger partial charge is 0.456 e. The van der Waals surface area contributed by atoms with E-state index in [0.717, 1.165) is 0 Å². The summed E-state index contributed by atoms with van der Waals surface area (Å²) >= 11 is 1.23. The lowest BCUT2D eigenvalue weighted by atomic mass is 9.96. The van der Waals surface area contributed by atoms with Crippen LogP contribution in [0.25, 0.3) is 0 Å². The molecule has 12 heteroatoms. The van der Waals surface area contributed by atoms with Crippen LogP contribution in [0.3, 0.4) is 0 Å². The highest BCUT2D eigenvalue weighted by Crippen LogP contribution is 2.36. The van der Waals surface area contributed by atoms with E-state index >= 15 is 0 Å². The summed E-state index contributed by atoms with van der Waals surface area (Å²) in [6.07, 6.45) is -1.05. The molecule has 3 heterocycles. The maximum absolute atomic E-state index is 12.6. The first-order valence-electron chi connectivity index (χ1n) is 8.43. The molecule has 1 aromatic heterocycles. The van der Waals surface area contributed by atoms with Crippen molar-refractivity contribution in [3.63, 3.8) is 0 Å². The highest BCUT2D eigenvalue weighted by atomic mass is 32.2. The summed E-state index contributed by atoms with van der Waals surface area (Å²) in [4.78, 5) is 56.3. The number of nitrogens with one attached hydrogen (secondary N) is 2. The van der Waals surface area contributed by atoms with Gasteiger partial charge in [0, 0.05) is 20.8 Å². The third-order valence-electron chi connectivity index (χ3n) is 4.30. The van der Waals surface area contributed by atoms with Crippen LogP contribution >= 0.6 is 11.8 Å². The van der Waals surface area contributed by atoms with Crippen molar-refractivity contribution in [2.24, 2.45) is 0 Å². The second-order valence-electron chi connectivity index (χ2n) is 6.27. The van der Waals surface area contributed by atoms with Crippen LogP contribution in [0.4, 0.5) is 11.5 Å². The average molecular weight is 412 g/mol. The van der Waals surface area contributed by atoms with Crippen molar-refractivity contribution in [2.75, 3.05) is 23.1 Å². The van der Waals surface area contributed by atoms with Crippen LogP contribution in [0.5, 0.6) is 0 Å². The Kier molecular flexibility index (Phi) is 5.61. The molecule has 4 atom stereocenters. The predicted octanol–water partition coefficient (Wildman–Crippen LogP) is -0.142. The molecule has 0 aliphatic carbocycles. The summed E-state index contributed by atoms with van der Waals surface area (Å²) in [5.74, 6) is -1.52. The molecule has 0 saturated carbocycles. The Morgan fingerprint density at radius 1 is 1.21 bits per heavy atom. The zero-order valence-corrected chi connectivity index (χ0v) is 16.5. The highest BCUT2D eigenvalue weighted by molar-refractivity contribution is 7.98. The van der Waals surface area contributed by atoms with Crippen LogP contribution in [0.1, 0.15) is 20.8 Å². The van der Waals surface area contributed by atoms with E-state index in [1.807, 2.05) is 0 Å². The Bertz CT molecular complexity index is 873. The summed E-state index contributed by atoms with van der Waals surface area (Å²) < 4.78 is 16.3. The molecule has 152 valence electrons. The monoisotopic (exact) mass is 412 g/mol. The highest BCUT2D eigenvalue weighted by Gasteiger charge is 2.52. The second kappa shape index (κ2) is 7.80. The second-order valence-corrected chi connectivity index (χ2v) is 7.07. The van der Waals surface area contributed by atoms with Gasteiger partial charge in [0.25, 0.3) is 5.56 Å². The molecule has 1 fully saturated rings. The number of carbonyl (C=O) groups is 3. The molecular weight excluding hydrogens is 392 g/mol. The van der Waals surface area contributed by atoms with Crippen LogP contribution in [-0.4, -0.2) is 65.2 Å². The first-order chi connectivity index (χ1) is 13.2. The summed E-state index contributed by atoms with van der Waals surface area (Å²) in [5, 5.41) is 3.35. The van der Waals surface area contributed by atoms with Crippen LogP contribution in [0, 0.1) is 0 Å². The summed E-state index contributed by atoms with van der Waals surface area (Å²) in [5.41, 5.74) is -0.553. The number of esters is 2. The number of thioether (sulfide) groups is 1. The van der Waals surface area contributed by atoms with Crippen molar-refractivity contribution < 1.29 is 28.6 Å². The fourth-order valence-electron chi connectivity index (χ4n) is 3.36. The Hall–Kier alpha value is -2.60. The molecule has 0 unspecified atom stereocenters. The molecular formula is C16H20N4O7S. The van der Waals surface area contributed by atoms with E-state index < -0.39 is 47.9 Å². The third-order valence-corrected chi connectivity index (χ3v) is 4.88. The molecule has 3 rings (SSSR count). The van der Waals surface area contributed by atoms with Gasteiger partial charge in [0.05, 0.1) is 6.61 Å². The number of fused-ring (bicyclic) bond motifs is 2. The van der Waals surface area contributed by atoms with Gasteiger partial charge in [-0.2, -0.15) is 0 Å². The molecule has 1 amide bonds. The molecule has 28 heavy (non-hydrogen) atoms. The third kappa shape index (κ3) is 3.69. The number of carbonyl (C=O) groups excluding carboxylic acids is 3. The van der Waals surface area contributed by atoms with Crippen molar-refractivity contribution in [3.05, 3.63) is 10.4 Å². The molecule has 0 bridgehead atoms. The average Bonchev–Trinajstić information content (AvgIpc) is 2.60. The van der Waals surface area contributed by atoms with Gasteiger partial charge in [-0.05, 0) is 6.26 Å². The topological polar surface area (TPSA) is 140 Å². The minimum atomic E-state index is -1.04. The number of anilines is 2. The molecule has 11 nitrogen and oxygen atoms in total. The molecule has 0 aromatic carbocycles. The number of hydrogen-bond acceptors (Lipinski definition) is 10. The van der Waals surface area contributed by atoms with Gasteiger partial charge in [-0.3, -0.25) is 29.1 Å². The van der Waals surface area contributed by atoms with Crippen LogP contribution in [0.15, 0.2) is 9.95 Å². The predicted molar refractivity (Wildman–Crippen MR) is 98.1 cm³/mol. The van der Waals surface area contributed by atoms with Crippen molar-refractivity contribution in [1.29, 1.82) is 0 Å². The normalized spacial score (nSPS) is 25.8. The van der Waals surface area contributed by atoms with E-state index in [9.17, 15) is 19.2 Å². The van der Waals surface area contributed by atoms with E-state index in [2.05, 4.69) is 15.3 Å². The van der Waals surface area contributed by atoms with Gasteiger partial charge in [0.2, 0.25) is 5.91 Å². The van der Waals surface area contributed by atoms with Gasteiger partial charge in [0.1, 0.15) is 6.04 Å². The minimum Gasteiger partial charge on any atom is -0.456 e. The molecule has 0 spiro atoms. The number of rotatable bonds is 3. The molecule has 1 aromatic rings. The maximum atomic E-state index is 12.6. The lowest BCUT2D eigenvalue weighted by Crippen LogP contribution is -2.68. The first-order valence-corrected chi connectivity index (χ1v) is 9.66. The SMILES string of the molecule is CSc1nc2c(c(=O)[nH]1)N(C(C)=O)[C@H]1[C@@H](OC(C)=O)[C@@H](OC(C)=O)CO[C@H]1N2. The van der Waals surface area contributed by atoms with E-state index in [4.69, 9.17) is 14.2 Å². The van der Waals surface area contributed by atoms with E-state index in [0.29, 0.717) is 5.16 Å².